The van der Waals surface area contributed by atoms with Crippen molar-refractivity contribution < 1.29 is 42.9 Å². The Morgan fingerprint density at radius 2 is 1.44 bits per heavy atom. The number of carbonyl (C=O) groups excluding carboxylic acids is 4. The summed E-state index contributed by atoms with van der Waals surface area (Å²) in [5, 5.41) is 17.1. The fraction of sp³-hybridized carbons (Fsp3) is 0.422. The molecule has 0 bridgehead atoms. The molecular formula is C45H59FN6O9. The zero-order valence-electron chi connectivity index (χ0n) is 36.1. The topological polar surface area (TPSA) is 189 Å². The number of benzene rings is 3. The quantitative estimate of drug-likeness (QED) is 0.101. The Bertz CT molecular complexity index is 2130. The lowest BCUT2D eigenvalue weighted by molar-refractivity contribution is -0.126. The van der Waals surface area contributed by atoms with Crippen LogP contribution in [-0.4, -0.2) is 83.3 Å². The second kappa shape index (κ2) is 24.6. The first-order valence-electron chi connectivity index (χ1n) is 20.7. The predicted molar refractivity (Wildman–Crippen MR) is 233 cm³/mol. The SMILES string of the molecule is CC.CCCC.CCn1cc(C(=O)O)c(=O)c2cc(F)c(N3CCN(C(=O)OCc4ccc(NC(=O)CNC(=O)C(NC(=O)OCc5ccccc5)C(C)C)cc4)CC3)cc21. The molecule has 4 amide bonds. The number of aryl methyl sites for hydroxylation is 1. The van der Waals surface area contributed by atoms with E-state index in [-0.39, 0.29) is 49.8 Å². The number of nitrogens with one attached hydrogen (secondary N) is 3. The molecular weight excluding hydrogens is 788 g/mol. The lowest BCUT2D eigenvalue weighted by Gasteiger charge is -2.35. The van der Waals surface area contributed by atoms with E-state index in [0.29, 0.717) is 36.4 Å². The molecule has 2 heterocycles. The van der Waals surface area contributed by atoms with Crippen LogP contribution in [-0.2, 0) is 38.8 Å². The number of carbonyl (C=O) groups is 5. The van der Waals surface area contributed by atoms with Crippen LogP contribution in [0.4, 0.5) is 25.4 Å². The summed E-state index contributed by atoms with van der Waals surface area (Å²) in [4.78, 5) is 78.0. The highest BCUT2D eigenvalue weighted by Gasteiger charge is 2.27. The Morgan fingerprint density at radius 1 is 0.836 bits per heavy atom. The van der Waals surface area contributed by atoms with Crippen LogP contribution in [0.5, 0.6) is 0 Å². The number of carboxylic acids is 1. The van der Waals surface area contributed by atoms with Crippen molar-refractivity contribution in [3.63, 3.8) is 0 Å². The lowest BCUT2D eigenvalue weighted by atomic mass is 10.0. The van der Waals surface area contributed by atoms with Gasteiger partial charge >= 0.3 is 18.2 Å². The zero-order valence-corrected chi connectivity index (χ0v) is 36.1. The molecule has 16 heteroatoms. The number of amides is 4. The molecule has 5 rings (SSSR count). The van der Waals surface area contributed by atoms with Gasteiger partial charge in [-0.25, -0.2) is 18.8 Å². The molecule has 0 radical (unpaired) electrons. The molecule has 0 saturated carbocycles. The van der Waals surface area contributed by atoms with E-state index >= 15 is 4.39 Å². The van der Waals surface area contributed by atoms with Crippen LogP contribution in [0.15, 0.2) is 77.7 Å². The number of aromatic carboxylic acids is 1. The fourth-order valence-electron chi connectivity index (χ4n) is 6.02. The minimum absolute atomic E-state index is 0.0192. The molecule has 4 N–H and O–H groups in total. The Morgan fingerprint density at radius 3 is 2.02 bits per heavy atom. The van der Waals surface area contributed by atoms with E-state index in [9.17, 15) is 33.9 Å². The summed E-state index contributed by atoms with van der Waals surface area (Å²) in [5.74, 6) is -3.35. The van der Waals surface area contributed by atoms with Crippen molar-refractivity contribution in [3.8, 4) is 0 Å². The van der Waals surface area contributed by atoms with Gasteiger partial charge in [0.25, 0.3) is 0 Å². The van der Waals surface area contributed by atoms with Gasteiger partial charge in [-0.1, -0.05) is 96.8 Å². The molecule has 4 aromatic rings. The molecule has 1 aromatic heterocycles. The molecule has 15 nitrogen and oxygen atoms in total. The summed E-state index contributed by atoms with van der Waals surface area (Å²) >= 11 is 0. The third-order valence-corrected chi connectivity index (χ3v) is 9.56. The van der Waals surface area contributed by atoms with Crippen LogP contribution in [0.1, 0.15) is 82.8 Å². The molecule has 330 valence electrons. The number of alkyl carbamates (subject to hydrolysis) is 1. The van der Waals surface area contributed by atoms with Gasteiger partial charge in [0.05, 0.1) is 17.7 Å². The highest BCUT2D eigenvalue weighted by atomic mass is 19.1. The number of pyridine rings is 1. The number of piperazine rings is 1. The van der Waals surface area contributed by atoms with Crippen LogP contribution in [0.25, 0.3) is 10.9 Å². The average molecular weight is 847 g/mol. The summed E-state index contributed by atoms with van der Waals surface area (Å²) in [6, 6.07) is 17.4. The van der Waals surface area contributed by atoms with E-state index < -0.39 is 52.8 Å². The van der Waals surface area contributed by atoms with Gasteiger partial charge in [0.1, 0.15) is 30.6 Å². The number of anilines is 2. The van der Waals surface area contributed by atoms with E-state index in [0.717, 1.165) is 11.6 Å². The normalized spacial score (nSPS) is 12.5. The summed E-state index contributed by atoms with van der Waals surface area (Å²) in [7, 11) is 0. The number of rotatable bonds is 14. The first-order valence-corrected chi connectivity index (χ1v) is 20.7. The third-order valence-electron chi connectivity index (χ3n) is 9.56. The molecule has 61 heavy (non-hydrogen) atoms. The number of ether oxygens (including phenoxy) is 2. The van der Waals surface area contributed by atoms with Gasteiger partial charge in [0, 0.05) is 50.0 Å². The van der Waals surface area contributed by atoms with Gasteiger partial charge in [-0.05, 0) is 48.2 Å². The Labute approximate surface area is 356 Å². The Kier molecular flexibility index (Phi) is 19.7. The maximum absolute atomic E-state index is 15.2. The van der Waals surface area contributed by atoms with Gasteiger partial charge in [-0.2, -0.15) is 0 Å². The number of unbranched alkanes of at least 4 members (excludes halogenated alkanes) is 1. The van der Waals surface area contributed by atoms with E-state index in [4.69, 9.17) is 9.47 Å². The molecule has 3 aromatic carbocycles. The minimum atomic E-state index is -1.38. The van der Waals surface area contributed by atoms with E-state index in [1.54, 1.807) is 54.5 Å². The van der Waals surface area contributed by atoms with Gasteiger partial charge in [-0.3, -0.25) is 14.4 Å². The van der Waals surface area contributed by atoms with E-state index in [1.807, 2.05) is 44.2 Å². The Hall–Kier alpha value is -6.45. The molecule has 1 fully saturated rings. The lowest BCUT2D eigenvalue weighted by Crippen LogP contribution is -2.51. The van der Waals surface area contributed by atoms with Crippen LogP contribution >= 0.6 is 0 Å². The zero-order chi connectivity index (χ0) is 45.1. The van der Waals surface area contributed by atoms with Crippen molar-refractivity contribution in [2.75, 3.05) is 42.9 Å². The average Bonchev–Trinajstić information content (AvgIpc) is 3.27. The van der Waals surface area contributed by atoms with Crippen molar-refractivity contribution in [2.45, 2.75) is 87.1 Å². The Balaban J connectivity index is 0.00000156. The summed E-state index contributed by atoms with van der Waals surface area (Å²) in [6.45, 7) is 14.8. The summed E-state index contributed by atoms with van der Waals surface area (Å²) < 4.78 is 27.5. The molecule has 1 aliphatic rings. The molecule has 1 aliphatic heterocycles. The third kappa shape index (κ3) is 14.4. The number of halogens is 1. The molecule has 1 saturated heterocycles. The smallest absolute Gasteiger partial charge is 0.410 e. The van der Waals surface area contributed by atoms with Gasteiger partial charge < -0.3 is 44.9 Å². The number of nitrogens with zero attached hydrogens (tertiary/aromatic N) is 3. The van der Waals surface area contributed by atoms with Crippen LogP contribution in [0.2, 0.25) is 0 Å². The first kappa shape index (κ1) is 48.9. The van der Waals surface area contributed by atoms with Gasteiger partial charge in [-0.15, -0.1) is 0 Å². The van der Waals surface area contributed by atoms with Gasteiger partial charge in [0.2, 0.25) is 17.2 Å². The van der Waals surface area contributed by atoms with Crippen molar-refractivity contribution in [2.24, 2.45) is 5.92 Å². The molecule has 0 aliphatic carbocycles. The van der Waals surface area contributed by atoms with E-state index in [2.05, 4.69) is 29.8 Å². The van der Waals surface area contributed by atoms with Crippen LogP contribution in [0.3, 0.4) is 0 Å². The second-order valence-corrected chi connectivity index (χ2v) is 14.2. The van der Waals surface area contributed by atoms with E-state index in [1.165, 1.54) is 30.0 Å². The minimum Gasteiger partial charge on any atom is -0.477 e. The number of carboxylic acid groups (broad SMARTS) is 1. The molecule has 0 spiro atoms. The maximum atomic E-state index is 15.2. The van der Waals surface area contributed by atoms with Crippen molar-refractivity contribution in [3.05, 3.63) is 106 Å². The van der Waals surface area contributed by atoms with Crippen molar-refractivity contribution >= 4 is 52.2 Å². The first-order chi connectivity index (χ1) is 29.3. The van der Waals surface area contributed by atoms with Crippen molar-refractivity contribution in [1.29, 1.82) is 0 Å². The largest absolute Gasteiger partial charge is 0.477 e. The number of fused-ring (bicyclic) bond motifs is 1. The van der Waals surface area contributed by atoms with Gasteiger partial charge in [0.15, 0.2) is 0 Å². The number of hydrogen-bond acceptors (Lipinski definition) is 9. The summed E-state index contributed by atoms with van der Waals surface area (Å²) in [5.41, 5.74) is 1.39. The number of hydrogen-bond donors (Lipinski definition) is 4. The van der Waals surface area contributed by atoms with Crippen LogP contribution < -0.4 is 26.3 Å². The molecule has 1 atom stereocenters. The maximum Gasteiger partial charge on any atom is 0.410 e. The highest BCUT2D eigenvalue weighted by molar-refractivity contribution is 5.96. The molecule has 1 unspecified atom stereocenters. The monoisotopic (exact) mass is 846 g/mol. The summed E-state index contributed by atoms with van der Waals surface area (Å²) in [6.07, 6.45) is 2.59. The predicted octanol–water partition coefficient (Wildman–Crippen LogP) is 7.16. The van der Waals surface area contributed by atoms with Crippen molar-refractivity contribution in [1.82, 2.24) is 20.1 Å². The second-order valence-electron chi connectivity index (χ2n) is 14.2. The fourth-order valence-corrected chi connectivity index (χ4v) is 6.02. The highest BCUT2D eigenvalue weighted by Crippen LogP contribution is 2.27. The van der Waals surface area contributed by atoms with Crippen LogP contribution in [0, 0.1) is 11.7 Å². The standard InChI is InChI=1S/C39H43FN6O9.C4H10.C2H6/c1-4-44-21-29(37(50)51)35(48)28-18-30(40)32(19-31(28)44)45-14-16-46(17-15-45)39(53)55-23-26-10-12-27(13-11-26)42-33(47)20-41-36(49)34(24(2)3)43-38(52)54-22-25-8-6-5-7-9-25;1-3-4-2;1-2/h5-13,18-19,21,24,34H,4,14-17,20,22-23H2,1-3H3,(H,41,49)(H,42,47)(H,43,52)(H,50,51);3-4H2,1-2H3;1-2H3. The number of aromatic nitrogens is 1.